The lowest BCUT2D eigenvalue weighted by Crippen LogP contribution is -2.51. The van der Waals surface area contributed by atoms with E-state index in [1.807, 2.05) is 4.90 Å². The summed E-state index contributed by atoms with van der Waals surface area (Å²) in [5, 5.41) is 10.2. The SMILES string of the molecule is O=C(CCC1CCCC1)N1CCN(CC(O)CN2CCCC2=O)CC1. The van der Waals surface area contributed by atoms with Crippen molar-refractivity contribution in [3.8, 4) is 0 Å². The molecule has 0 aromatic rings. The molecule has 2 amide bonds. The number of hydrogen-bond acceptors (Lipinski definition) is 4. The fourth-order valence-electron chi connectivity index (χ4n) is 4.47. The molecule has 142 valence electrons. The van der Waals surface area contributed by atoms with E-state index in [-0.39, 0.29) is 5.91 Å². The molecule has 6 nitrogen and oxygen atoms in total. The summed E-state index contributed by atoms with van der Waals surface area (Å²) in [5.41, 5.74) is 0. The second kappa shape index (κ2) is 8.99. The van der Waals surface area contributed by atoms with Crippen LogP contribution in [-0.2, 0) is 9.59 Å². The summed E-state index contributed by atoms with van der Waals surface area (Å²) in [6, 6.07) is 0. The number of piperazine rings is 1. The quantitative estimate of drug-likeness (QED) is 0.746. The Balaban J connectivity index is 1.32. The Kier molecular flexibility index (Phi) is 6.70. The first-order valence-electron chi connectivity index (χ1n) is 10.1. The first-order chi connectivity index (χ1) is 12.1. The second-order valence-corrected chi connectivity index (χ2v) is 7.97. The molecule has 2 aliphatic heterocycles. The highest BCUT2D eigenvalue weighted by molar-refractivity contribution is 5.78. The van der Waals surface area contributed by atoms with E-state index >= 15 is 0 Å². The highest BCUT2D eigenvalue weighted by Crippen LogP contribution is 2.28. The van der Waals surface area contributed by atoms with Crippen LogP contribution < -0.4 is 0 Å². The zero-order valence-electron chi connectivity index (χ0n) is 15.4. The van der Waals surface area contributed by atoms with Crippen molar-refractivity contribution >= 4 is 11.8 Å². The molecule has 0 radical (unpaired) electrons. The Labute approximate surface area is 151 Å². The van der Waals surface area contributed by atoms with Gasteiger partial charge >= 0.3 is 0 Å². The van der Waals surface area contributed by atoms with Crippen molar-refractivity contribution in [3.63, 3.8) is 0 Å². The van der Waals surface area contributed by atoms with Crippen LogP contribution in [-0.4, -0.2) is 83.5 Å². The molecule has 0 aromatic carbocycles. The third-order valence-corrected chi connectivity index (χ3v) is 6.04. The Hall–Kier alpha value is -1.14. The minimum atomic E-state index is -0.494. The Morgan fingerprint density at radius 1 is 1.04 bits per heavy atom. The molecule has 3 rings (SSSR count). The molecule has 3 aliphatic rings. The van der Waals surface area contributed by atoms with Gasteiger partial charge in [0.15, 0.2) is 0 Å². The zero-order valence-corrected chi connectivity index (χ0v) is 15.4. The summed E-state index contributed by atoms with van der Waals surface area (Å²) >= 11 is 0. The maximum atomic E-state index is 12.4. The highest BCUT2D eigenvalue weighted by Gasteiger charge is 2.26. The zero-order chi connectivity index (χ0) is 17.6. The predicted octanol–water partition coefficient (Wildman–Crippen LogP) is 1.08. The molecule has 3 fully saturated rings. The molecule has 6 heteroatoms. The third kappa shape index (κ3) is 5.42. The minimum absolute atomic E-state index is 0.164. The second-order valence-electron chi connectivity index (χ2n) is 7.97. The molecular weight excluding hydrogens is 318 g/mol. The maximum Gasteiger partial charge on any atom is 0.222 e. The van der Waals surface area contributed by atoms with Gasteiger partial charge in [0.1, 0.15) is 0 Å². The molecule has 1 N–H and O–H groups in total. The molecule has 1 aliphatic carbocycles. The Morgan fingerprint density at radius 3 is 2.40 bits per heavy atom. The number of hydrogen-bond donors (Lipinski definition) is 1. The number of β-amino-alcohol motifs (C(OH)–C–C–N with tert-alkyl or cyclic N) is 1. The average molecular weight is 351 g/mol. The van der Waals surface area contributed by atoms with Crippen LogP contribution in [0.4, 0.5) is 0 Å². The van der Waals surface area contributed by atoms with Crippen LogP contribution >= 0.6 is 0 Å². The fourth-order valence-corrected chi connectivity index (χ4v) is 4.47. The first kappa shape index (κ1) is 18.6. The van der Waals surface area contributed by atoms with E-state index in [4.69, 9.17) is 0 Å². The van der Waals surface area contributed by atoms with Crippen LogP contribution in [0.15, 0.2) is 0 Å². The molecule has 1 unspecified atom stereocenters. The van der Waals surface area contributed by atoms with Crippen LogP contribution in [0, 0.1) is 5.92 Å². The van der Waals surface area contributed by atoms with Crippen molar-refractivity contribution in [1.82, 2.24) is 14.7 Å². The summed E-state index contributed by atoms with van der Waals surface area (Å²) in [6.07, 6.45) is 8.07. The first-order valence-corrected chi connectivity index (χ1v) is 10.1. The lowest BCUT2D eigenvalue weighted by Gasteiger charge is -2.36. The fraction of sp³-hybridized carbons (Fsp3) is 0.895. The number of likely N-dealkylation sites (tertiary alicyclic amines) is 1. The number of carbonyl (C=O) groups excluding carboxylic acids is 2. The van der Waals surface area contributed by atoms with Crippen molar-refractivity contribution in [1.29, 1.82) is 0 Å². The van der Waals surface area contributed by atoms with E-state index in [0.717, 1.165) is 51.5 Å². The van der Waals surface area contributed by atoms with E-state index in [1.54, 1.807) is 4.90 Å². The lowest BCUT2D eigenvalue weighted by atomic mass is 10.0. The summed E-state index contributed by atoms with van der Waals surface area (Å²) in [4.78, 5) is 30.0. The molecule has 0 bridgehead atoms. The average Bonchev–Trinajstić information content (AvgIpc) is 3.26. The van der Waals surface area contributed by atoms with Crippen LogP contribution in [0.5, 0.6) is 0 Å². The van der Waals surface area contributed by atoms with Gasteiger partial charge in [-0.15, -0.1) is 0 Å². The van der Waals surface area contributed by atoms with Gasteiger partial charge in [0.25, 0.3) is 0 Å². The number of carbonyl (C=O) groups is 2. The van der Waals surface area contributed by atoms with Crippen molar-refractivity contribution in [2.24, 2.45) is 5.92 Å². The number of rotatable bonds is 7. The van der Waals surface area contributed by atoms with Gasteiger partial charge in [0, 0.05) is 58.7 Å². The van der Waals surface area contributed by atoms with Crippen LogP contribution in [0.25, 0.3) is 0 Å². The van der Waals surface area contributed by atoms with Gasteiger partial charge in [-0.1, -0.05) is 25.7 Å². The largest absolute Gasteiger partial charge is 0.390 e. The van der Waals surface area contributed by atoms with E-state index in [2.05, 4.69) is 4.90 Å². The number of nitrogens with zero attached hydrogens (tertiary/aromatic N) is 3. The summed E-state index contributed by atoms with van der Waals surface area (Å²) < 4.78 is 0. The summed E-state index contributed by atoms with van der Waals surface area (Å²) in [5.74, 6) is 1.24. The monoisotopic (exact) mass is 351 g/mol. The third-order valence-electron chi connectivity index (χ3n) is 6.04. The molecule has 1 saturated carbocycles. The standard InChI is InChI=1S/C19H33N3O3/c23-17(15-22-9-3-6-18(22)24)14-20-10-12-21(13-11-20)19(25)8-7-16-4-1-2-5-16/h16-17,23H,1-15H2. The van der Waals surface area contributed by atoms with Gasteiger partial charge < -0.3 is 14.9 Å². The number of amides is 2. The van der Waals surface area contributed by atoms with Gasteiger partial charge in [-0.3, -0.25) is 14.5 Å². The lowest BCUT2D eigenvalue weighted by molar-refractivity contribution is -0.134. The Bertz CT molecular complexity index is 457. The maximum absolute atomic E-state index is 12.4. The Morgan fingerprint density at radius 2 is 1.76 bits per heavy atom. The van der Waals surface area contributed by atoms with E-state index < -0.39 is 6.10 Å². The number of aliphatic hydroxyl groups is 1. The predicted molar refractivity (Wildman–Crippen MR) is 96.0 cm³/mol. The summed E-state index contributed by atoms with van der Waals surface area (Å²) in [6.45, 7) is 4.98. The molecule has 2 saturated heterocycles. The minimum Gasteiger partial charge on any atom is -0.390 e. The van der Waals surface area contributed by atoms with Gasteiger partial charge in [-0.2, -0.15) is 0 Å². The van der Waals surface area contributed by atoms with Crippen molar-refractivity contribution in [2.45, 2.75) is 57.5 Å². The van der Waals surface area contributed by atoms with Gasteiger partial charge in [-0.25, -0.2) is 0 Å². The highest BCUT2D eigenvalue weighted by atomic mass is 16.3. The molecule has 25 heavy (non-hydrogen) atoms. The van der Waals surface area contributed by atoms with Crippen molar-refractivity contribution < 1.29 is 14.7 Å². The van der Waals surface area contributed by atoms with Crippen LogP contribution in [0.3, 0.4) is 0 Å². The van der Waals surface area contributed by atoms with Crippen LogP contribution in [0.1, 0.15) is 51.4 Å². The van der Waals surface area contributed by atoms with E-state index in [0.29, 0.717) is 31.8 Å². The van der Waals surface area contributed by atoms with Gasteiger partial charge in [0.2, 0.25) is 11.8 Å². The van der Waals surface area contributed by atoms with E-state index in [9.17, 15) is 14.7 Å². The normalized spacial score (nSPS) is 24.3. The van der Waals surface area contributed by atoms with E-state index in [1.165, 1.54) is 25.7 Å². The van der Waals surface area contributed by atoms with Gasteiger partial charge in [-0.05, 0) is 18.8 Å². The van der Waals surface area contributed by atoms with Crippen LogP contribution in [0.2, 0.25) is 0 Å². The van der Waals surface area contributed by atoms with Crippen molar-refractivity contribution in [2.75, 3.05) is 45.8 Å². The topological polar surface area (TPSA) is 64.1 Å². The summed E-state index contributed by atoms with van der Waals surface area (Å²) in [7, 11) is 0. The number of aliphatic hydroxyl groups excluding tert-OH is 1. The molecule has 0 spiro atoms. The molecule has 2 heterocycles. The smallest absolute Gasteiger partial charge is 0.222 e. The molecule has 1 atom stereocenters. The molecular formula is C19H33N3O3. The van der Waals surface area contributed by atoms with Gasteiger partial charge in [0.05, 0.1) is 6.10 Å². The van der Waals surface area contributed by atoms with Crippen molar-refractivity contribution in [3.05, 3.63) is 0 Å². The molecule has 0 aromatic heterocycles.